The van der Waals surface area contributed by atoms with Gasteiger partial charge in [0.15, 0.2) is 0 Å². The van der Waals surface area contributed by atoms with Crippen LogP contribution in [0.5, 0.6) is 17.2 Å². The fraction of sp³-hybridized carbons (Fsp3) is 0.167. The van der Waals surface area contributed by atoms with Crippen molar-refractivity contribution >= 4 is 21.1 Å². The Hall–Kier alpha value is -3.00. The van der Waals surface area contributed by atoms with Crippen molar-refractivity contribution in [3.63, 3.8) is 0 Å². The topological polar surface area (TPSA) is 92.0 Å². The molecule has 136 valence electrons. The lowest BCUT2D eigenvalue weighted by molar-refractivity contribution is 0.404. The van der Waals surface area contributed by atoms with E-state index in [0.29, 0.717) is 28.0 Å². The minimum Gasteiger partial charge on any atom is -0.497 e. The highest BCUT2D eigenvalue weighted by atomic mass is 32.2. The summed E-state index contributed by atoms with van der Waals surface area (Å²) in [4.78, 5) is 12.5. The van der Waals surface area contributed by atoms with Gasteiger partial charge < -0.3 is 18.1 Å². The molecule has 1 aromatic heterocycles. The van der Waals surface area contributed by atoms with Crippen LogP contribution in [0.2, 0.25) is 0 Å². The highest BCUT2D eigenvalue weighted by Gasteiger charge is 2.15. The van der Waals surface area contributed by atoms with E-state index in [4.69, 9.17) is 18.1 Å². The molecule has 3 rings (SSSR count). The molecule has 2 aromatic carbocycles. The van der Waals surface area contributed by atoms with Gasteiger partial charge in [0, 0.05) is 17.0 Å². The molecule has 0 spiro atoms. The van der Waals surface area contributed by atoms with E-state index in [9.17, 15) is 13.2 Å². The Morgan fingerprint density at radius 2 is 1.62 bits per heavy atom. The first-order valence-corrected chi connectivity index (χ1v) is 9.32. The first-order valence-electron chi connectivity index (χ1n) is 7.50. The molecule has 8 heteroatoms. The standard InChI is InChI=1S/C18H16O7S/c1-22-12-6-7-16(23-2)14(9-12)15-8-11-4-5-13(25-26(3,20)21)10-17(11)24-18(15)19/h4-10H,1-3H3. The van der Waals surface area contributed by atoms with Crippen molar-refractivity contribution in [1.29, 1.82) is 0 Å². The molecule has 3 aromatic rings. The molecule has 0 aliphatic carbocycles. The average Bonchev–Trinajstić information content (AvgIpc) is 2.59. The second kappa shape index (κ2) is 6.72. The summed E-state index contributed by atoms with van der Waals surface area (Å²) < 4.78 is 43.1. The van der Waals surface area contributed by atoms with Crippen molar-refractivity contribution < 1.29 is 26.5 Å². The third-order valence-electron chi connectivity index (χ3n) is 3.65. The fourth-order valence-electron chi connectivity index (χ4n) is 2.53. The van der Waals surface area contributed by atoms with Crippen molar-refractivity contribution in [1.82, 2.24) is 0 Å². The number of methoxy groups -OCH3 is 2. The van der Waals surface area contributed by atoms with Crippen LogP contribution in [0.3, 0.4) is 0 Å². The van der Waals surface area contributed by atoms with Gasteiger partial charge in [0.2, 0.25) is 0 Å². The van der Waals surface area contributed by atoms with Gasteiger partial charge in [-0.05, 0) is 36.4 Å². The lowest BCUT2D eigenvalue weighted by Crippen LogP contribution is -2.06. The molecular weight excluding hydrogens is 360 g/mol. The predicted molar refractivity (Wildman–Crippen MR) is 96.5 cm³/mol. The summed E-state index contributed by atoms with van der Waals surface area (Å²) in [6, 6.07) is 11.2. The normalized spacial score (nSPS) is 11.3. The van der Waals surface area contributed by atoms with Crippen LogP contribution in [-0.4, -0.2) is 28.9 Å². The molecule has 0 saturated carbocycles. The zero-order chi connectivity index (χ0) is 18.9. The smallest absolute Gasteiger partial charge is 0.344 e. The van der Waals surface area contributed by atoms with Gasteiger partial charge in [0.25, 0.3) is 0 Å². The fourth-order valence-corrected chi connectivity index (χ4v) is 2.98. The zero-order valence-electron chi connectivity index (χ0n) is 14.3. The van der Waals surface area contributed by atoms with Gasteiger partial charge in [-0.25, -0.2) is 4.79 Å². The van der Waals surface area contributed by atoms with E-state index in [-0.39, 0.29) is 11.3 Å². The van der Waals surface area contributed by atoms with Crippen LogP contribution in [0, 0.1) is 0 Å². The van der Waals surface area contributed by atoms with Crippen molar-refractivity contribution in [3.05, 3.63) is 52.9 Å². The number of hydrogen-bond acceptors (Lipinski definition) is 7. The van der Waals surface area contributed by atoms with Crippen LogP contribution in [0.15, 0.2) is 51.7 Å². The van der Waals surface area contributed by atoms with Gasteiger partial charge in [-0.1, -0.05) is 0 Å². The van der Waals surface area contributed by atoms with E-state index in [1.54, 1.807) is 30.3 Å². The van der Waals surface area contributed by atoms with E-state index in [1.807, 2.05) is 0 Å². The highest BCUT2D eigenvalue weighted by Crippen LogP contribution is 2.33. The molecule has 0 unspecified atom stereocenters. The molecule has 0 radical (unpaired) electrons. The molecule has 0 aliphatic rings. The quantitative estimate of drug-likeness (QED) is 0.499. The summed E-state index contributed by atoms with van der Waals surface area (Å²) in [5.41, 5.74) is 0.436. The third-order valence-corrected chi connectivity index (χ3v) is 4.15. The van der Waals surface area contributed by atoms with E-state index in [0.717, 1.165) is 6.26 Å². The van der Waals surface area contributed by atoms with Gasteiger partial charge in [-0.2, -0.15) is 8.42 Å². The summed E-state index contributed by atoms with van der Waals surface area (Å²) in [6.07, 6.45) is 0.936. The van der Waals surface area contributed by atoms with Gasteiger partial charge in [-0.15, -0.1) is 0 Å². The Morgan fingerprint density at radius 1 is 0.885 bits per heavy atom. The van der Waals surface area contributed by atoms with Crippen LogP contribution in [0.25, 0.3) is 22.1 Å². The molecule has 0 atom stereocenters. The maximum absolute atomic E-state index is 12.5. The van der Waals surface area contributed by atoms with E-state index in [1.165, 1.54) is 26.4 Å². The first kappa shape index (κ1) is 17.8. The minimum atomic E-state index is -3.67. The van der Waals surface area contributed by atoms with Crippen LogP contribution in [0.1, 0.15) is 0 Å². The predicted octanol–water partition coefficient (Wildman–Crippen LogP) is 2.82. The Kier molecular flexibility index (Phi) is 4.60. The van der Waals surface area contributed by atoms with Crippen molar-refractivity contribution in [3.8, 4) is 28.4 Å². The summed E-state index contributed by atoms with van der Waals surface area (Å²) >= 11 is 0. The Balaban J connectivity index is 2.16. The van der Waals surface area contributed by atoms with Crippen molar-refractivity contribution in [2.24, 2.45) is 0 Å². The number of fused-ring (bicyclic) bond motifs is 1. The van der Waals surface area contributed by atoms with Gasteiger partial charge in [0.05, 0.1) is 26.0 Å². The largest absolute Gasteiger partial charge is 0.497 e. The van der Waals surface area contributed by atoms with Gasteiger partial charge in [0.1, 0.15) is 22.8 Å². The number of hydrogen-bond donors (Lipinski definition) is 0. The maximum Gasteiger partial charge on any atom is 0.344 e. The highest BCUT2D eigenvalue weighted by molar-refractivity contribution is 7.86. The second-order valence-corrected chi connectivity index (χ2v) is 7.08. The minimum absolute atomic E-state index is 0.0647. The maximum atomic E-state index is 12.5. The monoisotopic (exact) mass is 376 g/mol. The lowest BCUT2D eigenvalue weighted by Gasteiger charge is -2.10. The van der Waals surface area contributed by atoms with Crippen molar-refractivity contribution in [2.75, 3.05) is 20.5 Å². The van der Waals surface area contributed by atoms with Crippen LogP contribution < -0.4 is 19.3 Å². The Labute approximate surface area is 149 Å². The molecule has 0 amide bonds. The number of benzene rings is 2. The molecule has 0 fully saturated rings. The molecule has 0 N–H and O–H groups in total. The van der Waals surface area contributed by atoms with Gasteiger partial charge in [-0.3, -0.25) is 0 Å². The molecule has 0 saturated heterocycles. The molecule has 0 aliphatic heterocycles. The van der Waals surface area contributed by atoms with Crippen LogP contribution in [-0.2, 0) is 10.1 Å². The van der Waals surface area contributed by atoms with Gasteiger partial charge >= 0.3 is 15.7 Å². The molecule has 7 nitrogen and oxygen atoms in total. The molecule has 26 heavy (non-hydrogen) atoms. The average molecular weight is 376 g/mol. The molecular formula is C18H16O7S. The van der Waals surface area contributed by atoms with Crippen molar-refractivity contribution in [2.45, 2.75) is 0 Å². The number of rotatable bonds is 5. The van der Waals surface area contributed by atoms with Crippen LogP contribution in [0.4, 0.5) is 0 Å². The molecule has 0 bridgehead atoms. The van der Waals surface area contributed by atoms with Crippen LogP contribution >= 0.6 is 0 Å². The summed E-state index contributed by atoms with van der Waals surface area (Å²) in [5.74, 6) is 1.13. The summed E-state index contributed by atoms with van der Waals surface area (Å²) in [7, 11) is -0.646. The summed E-state index contributed by atoms with van der Waals surface area (Å²) in [6.45, 7) is 0. The first-order chi connectivity index (χ1) is 12.3. The third kappa shape index (κ3) is 3.65. The molecule has 1 heterocycles. The number of ether oxygens (including phenoxy) is 2. The zero-order valence-corrected chi connectivity index (χ0v) is 15.1. The van der Waals surface area contributed by atoms with E-state index < -0.39 is 15.7 Å². The Bertz CT molecular complexity index is 1130. The second-order valence-electron chi connectivity index (χ2n) is 5.50. The van der Waals surface area contributed by atoms with E-state index in [2.05, 4.69) is 0 Å². The van der Waals surface area contributed by atoms with E-state index >= 15 is 0 Å². The lowest BCUT2D eigenvalue weighted by atomic mass is 10.0. The SMILES string of the molecule is COc1ccc(OC)c(-c2cc3ccc(OS(C)(=O)=O)cc3oc2=O)c1. The Morgan fingerprint density at radius 3 is 2.27 bits per heavy atom. The summed E-state index contributed by atoms with van der Waals surface area (Å²) in [5, 5.41) is 0.602.